The number of fused-ring (bicyclic) bond motifs is 1. The number of H-pyrrole nitrogens is 1. The number of amides is 2. The number of nitrogens with zero attached hydrogens (tertiary/aromatic N) is 2. The Morgan fingerprint density at radius 2 is 2.24 bits per heavy atom. The summed E-state index contributed by atoms with van der Waals surface area (Å²) in [6.07, 6.45) is 0. The number of ether oxygens (including phenoxy) is 1. The van der Waals surface area contributed by atoms with Crippen molar-refractivity contribution in [3.8, 4) is 5.75 Å². The molecule has 0 atom stereocenters. The average molecular weight is 308 g/mol. The molecule has 2 amide bonds. The molecule has 0 bridgehead atoms. The highest BCUT2D eigenvalue weighted by Crippen LogP contribution is 2.24. The maximum atomic E-state index is 11.5. The van der Waals surface area contributed by atoms with E-state index in [0.29, 0.717) is 24.5 Å². The lowest BCUT2D eigenvalue weighted by Crippen LogP contribution is -2.36. The van der Waals surface area contributed by atoms with Crippen LogP contribution in [-0.4, -0.2) is 47.7 Å². The summed E-state index contributed by atoms with van der Waals surface area (Å²) in [6.45, 7) is 3.66. The molecule has 0 saturated carbocycles. The lowest BCUT2D eigenvalue weighted by atomic mass is 10.3. The van der Waals surface area contributed by atoms with Crippen LogP contribution in [0.5, 0.6) is 5.75 Å². The highest BCUT2D eigenvalue weighted by Gasteiger charge is 2.09. The van der Waals surface area contributed by atoms with Crippen molar-refractivity contribution in [1.82, 2.24) is 19.8 Å². The van der Waals surface area contributed by atoms with Gasteiger partial charge in [-0.05, 0) is 31.3 Å². The number of hydrogen-bond acceptors (Lipinski definition) is 3. The Bertz CT molecular complexity index is 690. The normalized spacial score (nSPS) is 10.6. The van der Waals surface area contributed by atoms with E-state index >= 15 is 0 Å². The molecule has 1 heterocycles. The maximum Gasteiger partial charge on any atom is 0.316 e. The first-order valence-electron chi connectivity index (χ1n) is 6.84. The van der Waals surface area contributed by atoms with Crippen LogP contribution < -0.4 is 10.1 Å². The quantitative estimate of drug-likeness (QED) is 0.834. The van der Waals surface area contributed by atoms with Crippen LogP contribution in [-0.2, 0) is 6.54 Å². The number of carbonyl (C=O) groups excluding carboxylic acids is 1. The zero-order chi connectivity index (χ0) is 15.4. The van der Waals surface area contributed by atoms with Crippen molar-refractivity contribution in [2.45, 2.75) is 13.5 Å². The van der Waals surface area contributed by atoms with E-state index in [1.165, 1.54) is 4.90 Å². The van der Waals surface area contributed by atoms with Crippen molar-refractivity contribution in [3.63, 3.8) is 0 Å². The second kappa shape index (κ2) is 6.62. The molecule has 7 heteroatoms. The molecule has 0 spiro atoms. The number of rotatable bonds is 5. The van der Waals surface area contributed by atoms with Crippen LogP contribution in [0.1, 0.15) is 6.92 Å². The lowest BCUT2D eigenvalue weighted by molar-refractivity contribution is 0.217. The minimum Gasteiger partial charge on any atom is -0.492 e. The third-order valence-electron chi connectivity index (χ3n) is 3.09. The van der Waals surface area contributed by atoms with Gasteiger partial charge in [0.05, 0.1) is 12.1 Å². The molecule has 21 heavy (non-hydrogen) atoms. The van der Waals surface area contributed by atoms with Crippen molar-refractivity contribution >= 4 is 29.3 Å². The molecule has 1 aromatic carbocycles. The topological polar surface area (TPSA) is 62.3 Å². The fraction of sp³-hybridized carbons (Fsp3) is 0.429. The maximum absolute atomic E-state index is 11.5. The van der Waals surface area contributed by atoms with Crippen LogP contribution in [0.25, 0.3) is 11.0 Å². The molecule has 2 aromatic rings. The van der Waals surface area contributed by atoms with E-state index in [9.17, 15) is 4.79 Å². The first-order chi connectivity index (χ1) is 10.0. The molecule has 0 aliphatic rings. The molecule has 0 fully saturated rings. The molecule has 0 radical (unpaired) electrons. The zero-order valence-electron chi connectivity index (χ0n) is 12.5. The van der Waals surface area contributed by atoms with Crippen LogP contribution in [0.2, 0.25) is 0 Å². The van der Waals surface area contributed by atoms with E-state index in [2.05, 4.69) is 10.3 Å². The first-order valence-corrected chi connectivity index (χ1v) is 7.25. The van der Waals surface area contributed by atoms with Gasteiger partial charge in [0.15, 0.2) is 4.77 Å². The fourth-order valence-corrected chi connectivity index (χ4v) is 2.38. The predicted octanol–water partition coefficient (Wildman–Crippen LogP) is 2.37. The Balaban J connectivity index is 2.20. The summed E-state index contributed by atoms with van der Waals surface area (Å²) in [5, 5.41) is 2.83. The molecule has 2 N–H and O–H groups in total. The van der Waals surface area contributed by atoms with Crippen LogP contribution >= 0.6 is 12.2 Å². The molecule has 114 valence electrons. The number of para-hydroxylation sites is 1. The van der Waals surface area contributed by atoms with Crippen molar-refractivity contribution in [2.24, 2.45) is 0 Å². The number of benzene rings is 1. The second-order valence-electron chi connectivity index (χ2n) is 4.79. The monoisotopic (exact) mass is 308 g/mol. The second-order valence-corrected chi connectivity index (χ2v) is 5.18. The summed E-state index contributed by atoms with van der Waals surface area (Å²) in [5.41, 5.74) is 1.87. The summed E-state index contributed by atoms with van der Waals surface area (Å²) in [6, 6.07) is 5.72. The van der Waals surface area contributed by atoms with E-state index in [1.807, 2.05) is 29.7 Å². The number of nitrogens with one attached hydrogen (secondary N) is 2. The van der Waals surface area contributed by atoms with Gasteiger partial charge >= 0.3 is 6.03 Å². The van der Waals surface area contributed by atoms with Gasteiger partial charge in [-0.25, -0.2) is 4.79 Å². The smallest absolute Gasteiger partial charge is 0.316 e. The summed E-state index contributed by atoms with van der Waals surface area (Å²) in [5.74, 6) is 0.789. The number of urea groups is 1. The van der Waals surface area contributed by atoms with Gasteiger partial charge < -0.3 is 24.5 Å². The van der Waals surface area contributed by atoms with E-state index in [1.54, 1.807) is 14.1 Å². The molecular formula is C14H20N4O2S. The third kappa shape index (κ3) is 3.36. The molecular weight excluding hydrogens is 288 g/mol. The summed E-state index contributed by atoms with van der Waals surface area (Å²) in [4.78, 5) is 16.2. The number of carbonyl (C=O) groups is 1. The van der Waals surface area contributed by atoms with Crippen molar-refractivity contribution < 1.29 is 9.53 Å². The zero-order valence-corrected chi connectivity index (χ0v) is 13.3. The van der Waals surface area contributed by atoms with Gasteiger partial charge in [0, 0.05) is 27.2 Å². The van der Waals surface area contributed by atoms with Crippen molar-refractivity contribution in [3.05, 3.63) is 23.0 Å². The summed E-state index contributed by atoms with van der Waals surface area (Å²) < 4.78 is 8.18. The van der Waals surface area contributed by atoms with Gasteiger partial charge in [-0.2, -0.15) is 0 Å². The average Bonchev–Trinajstić information content (AvgIpc) is 2.76. The predicted molar refractivity (Wildman–Crippen MR) is 85.4 cm³/mol. The van der Waals surface area contributed by atoms with E-state index in [-0.39, 0.29) is 6.03 Å². The van der Waals surface area contributed by atoms with Crippen molar-refractivity contribution in [1.29, 1.82) is 0 Å². The SMILES string of the molecule is CCOc1cccc2c1[nH]c(=S)n2CCNC(=O)N(C)C. The first kappa shape index (κ1) is 15.4. The number of imidazole rings is 1. The van der Waals surface area contributed by atoms with Gasteiger partial charge in [-0.1, -0.05) is 6.07 Å². The molecule has 0 saturated heterocycles. The van der Waals surface area contributed by atoms with Crippen LogP contribution in [0.3, 0.4) is 0 Å². The van der Waals surface area contributed by atoms with E-state index < -0.39 is 0 Å². The lowest BCUT2D eigenvalue weighted by Gasteiger charge is -2.12. The van der Waals surface area contributed by atoms with E-state index in [4.69, 9.17) is 17.0 Å². The Morgan fingerprint density at radius 1 is 1.48 bits per heavy atom. The molecule has 6 nitrogen and oxygen atoms in total. The highest BCUT2D eigenvalue weighted by molar-refractivity contribution is 7.71. The molecule has 1 aromatic heterocycles. The minimum atomic E-state index is -0.114. The van der Waals surface area contributed by atoms with Gasteiger partial charge in [0.1, 0.15) is 11.3 Å². The Kier molecular flexibility index (Phi) is 4.85. The standard InChI is InChI=1S/C14H20N4O2S/c1-4-20-11-7-5-6-10-12(11)16-14(21)18(10)9-8-15-13(19)17(2)3/h5-7H,4,8-9H2,1-3H3,(H,15,19)(H,16,21). The third-order valence-corrected chi connectivity index (χ3v) is 3.41. The Hall–Kier alpha value is -2.02. The number of aromatic nitrogens is 2. The molecule has 0 aliphatic carbocycles. The molecule has 0 unspecified atom stereocenters. The number of hydrogen-bond donors (Lipinski definition) is 2. The van der Waals surface area contributed by atoms with Crippen LogP contribution in [0.15, 0.2) is 18.2 Å². The van der Waals surface area contributed by atoms with Gasteiger partial charge in [0.25, 0.3) is 0 Å². The minimum absolute atomic E-state index is 0.114. The molecule has 0 aliphatic heterocycles. The van der Waals surface area contributed by atoms with Crippen molar-refractivity contribution in [2.75, 3.05) is 27.2 Å². The Labute approximate surface area is 128 Å². The van der Waals surface area contributed by atoms with Gasteiger partial charge in [-0.15, -0.1) is 0 Å². The van der Waals surface area contributed by atoms with Crippen LogP contribution in [0.4, 0.5) is 4.79 Å². The Morgan fingerprint density at radius 3 is 2.90 bits per heavy atom. The number of aromatic amines is 1. The summed E-state index contributed by atoms with van der Waals surface area (Å²) >= 11 is 5.36. The van der Waals surface area contributed by atoms with Crippen LogP contribution in [0, 0.1) is 4.77 Å². The highest BCUT2D eigenvalue weighted by atomic mass is 32.1. The molecule has 2 rings (SSSR count). The summed E-state index contributed by atoms with van der Waals surface area (Å²) in [7, 11) is 3.42. The fourth-order valence-electron chi connectivity index (χ4n) is 2.08. The van der Waals surface area contributed by atoms with E-state index in [0.717, 1.165) is 16.8 Å². The van der Waals surface area contributed by atoms with Gasteiger partial charge in [-0.3, -0.25) is 0 Å². The van der Waals surface area contributed by atoms with Gasteiger partial charge in [0.2, 0.25) is 0 Å². The largest absolute Gasteiger partial charge is 0.492 e.